The predicted octanol–water partition coefficient (Wildman–Crippen LogP) is 0.824. The number of benzene rings is 1. The summed E-state index contributed by atoms with van der Waals surface area (Å²) in [6.45, 7) is 1.56. The van der Waals surface area contributed by atoms with Crippen LogP contribution in [0, 0.1) is 5.82 Å². The molecule has 0 aliphatic carbocycles. The highest BCUT2D eigenvalue weighted by molar-refractivity contribution is 5.98. The van der Waals surface area contributed by atoms with Gasteiger partial charge < -0.3 is 15.2 Å². The van der Waals surface area contributed by atoms with Crippen molar-refractivity contribution in [1.82, 2.24) is 5.32 Å². The summed E-state index contributed by atoms with van der Waals surface area (Å²) in [7, 11) is 0. The van der Waals surface area contributed by atoms with Gasteiger partial charge in [0, 0.05) is 6.07 Å². The summed E-state index contributed by atoms with van der Waals surface area (Å²) in [5.74, 6) is -2.38. The Balaban J connectivity index is 2.61. The summed E-state index contributed by atoms with van der Waals surface area (Å²) >= 11 is 0. The molecule has 0 unspecified atom stereocenters. The fourth-order valence-corrected chi connectivity index (χ4v) is 1.16. The fourth-order valence-electron chi connectivity index (χ4n) is 1.16. The minimum atomic E-state index is -0.671. The van der Waals surface area contributed by atoms with Crippen LogP contribution in [0.25, 0.3) is 0 Å². The topological polar surface area (TPSA) is 75.6 Å². The van der Waals surface area contributed by atoms with E-state index in [0.717, 1.165) is 18.2 Å². The third-order valence-corrected chi connectivity index (χ3v) is 1.90. The number of aromatic hydroxyl groups is 1. The van der Waals surface area contributed by atoms with Crippen molar-refractivity contribution in [3.05, 3.63) is 29.6 Å². The van der Waals surface area contributed by atoms with Crippen LogP contribution in [0.15, 0.2) is 18.2 Å². The molecule has 1 rings (SSSR count). The first-order valence-electron chi connectivity index (χ1n) is 4.97. The van der Waals surface area contributed by atoms with Gasteiger partial charge in [-0.15, -0.1) is 0 Å². The fraction of sp³-hybridized carbons (Fsp3) is 0.273. The Morgan fingerprint density at radius 2 is 2.18 bits per heavy atom. The number of nitrogens with one attached hydrogen (secondary N) is 1. The quantitative estimate of drug-likeness (QED) is 0.765. The molecule has 0 aliphatic heterocycles. The van der Waals surface area contributed by atoms with Gasteiger partial charge in [-0.05, 0) is 19.1 Å². The number of phenols is 1. The number of halogens is 1. The molecule has 0 aromatic heterocycles. The van der Waals surface area contributed by atoms with Crippen LogP contribution in [0.4, 0.5) is 4.39 Å². The van der Waals surface area contributed by atoms with Gasteiger partial charge in [-0.2, -0.15) is 0 Å². The van der Waals surface area contributed by atoms with Crippen LogP contribution in [0.5, 0.6) is 5.75 Å². The minimum Gasteiger partial charge on any atom is -0.507 e. The van der Waals surface area contributed by atoms with Gasteiger partial charge in [-0.3, -0.25) is 9.59 Å². The Kier molecular flexibility index (Phi) is 4.45. The van der Waals surface area contributed by atoms with Gasteiger partial charge in [-0.25, -0.2) is 4.39 Å². The summed E-state index contributed by atoms with van der Waals surface area (Å²) in [5.41, 5.74) is -0.101. The lowest BCUT2D eigenvalue weighted by Gasteiger charge is -2.06. The third-order valence-electron chi connectivity index (χ3n) is 1.90. The highest BCUT2D eigenvalue weighted by Gasteiger charge is 2.13. The summed E-state index contributed by atoms with van der Waals surface area (Å²) in [5, 5.41) is 11.6. The molecule has 1 amide bonds. The molecule has 1 aromatic carbocycles. The number of carbonyl (C=O) groups excluding carboxylic acids is 2. The first kappa shape index (κ1) is 13.0. The van der Waals surface area contributed by atoms with Gasteiger partial charge in [-0.1, -0.05) is 0 Å². The molecule has 1 aromatic rings. The largest absolute Gasteiger partial charge is 0.507 e. The van der Waals surface area contributed by atoms with Crippen LogP contribution in [0.3, 0.4) is 0 Å². The van der Waals surface area contributed by atoms with E-state index in [1.807, 2.05) is 0 Å². The average molecular weight is 241 g/mol. The normalized spacial score (nSPS) is 9.76. The van der Waals surface area contributed by atoms with Crippen LogP contribution < -0.4 is 5.32 Å². The van der Waals surface area contributed by atoms with Crippen LogP contribution in [-0.4, -0.2) is 30.1 Å². The van der Waals surface area contributed by atoms with Gasteiger partial charge in [0.05, 0.1) is 12.2 Å². The molecule has 2 N–H and O–H groups in total. The van der Waals surface area contributed by atoms with E-state index in [4.69, 9.17) is 0 Å². The molecule has 17 heavy (non-hydrogen) atoms. The highest BCUT2D eigenvalue weighted by atomic mass is 19.1. The third kappa shape index (κ3) is 3.75. The second kappa shape index (κ2) is 5.83. The maximum atomic E-state index is 12.7. The molecule has 0 heterocycles. The van der Waals surface area contributed by atoms with Crippen LogP contribution in [0.1, 0.15) is 17.3 Å². The number of esters is 1. The maximum absolute atomic E-state index is 12.7. The lowest BCUT2D eigenvalue weighted by atomic mass is 10.2. The average Bonchev–Trinajstić information content (AvgIpc) is 2.26. The highest BCUT2D eigenvalue weighted by Crippen LogP contribution is 2.17. The second-order valence-corrected chi connectivity index (χ2v) is 3.15. The number of hydrogen-bond donors (Lipinski definition) is 2. The van der Waals surface area contributed by atoms with Gasteiger partial charge in [0.1, 0.15) is 18.1 Å². The van der Waals surface area contributed by atoms with Crippen molar-refractivity contribution in [3.8, 4) is 5.75 Å². The number of amides is 1. The zero-order valence-electron chi connectivity index (χ0n) is 9.20. The molecule has 0 bridgehead atoms. The SMILES string of the molecule is CCOC(=O)CNC(=O)c1ccc(F)cc1O. The molecule has 0 aliphatic rings. The van der Waals surface area contributed by atoms with Gasteiger partial charge >= 0.3 is 5.97 Å². The summed E-state index contributed by atoms with van der Waals surface area (Å²) in [6.07, 6.45) is 0. The van der Waals surface area contributed by atoms with E-state index in [0.29, 0.717) is 0 Å². The first-order valence-corrected chi connectivity index (χ1v) is 4.97. The molecular formula is C11H12FNO4. The molecular weight excluding hydrogens is 229 g/mol. The van der Waals surface area contributed by atoms with E-state index in [1.54, 1.807) is 6.92 Å². The van der Waals surface area contributed by atoms with Crippen molar-refractivity contribution >= 4 is 11.9 Å². The lowest BCUT2D eigenvalue weighted by molar-refractivity contribution is -0.141. The summed E-state index contributed by atoms with van der Waals surface area (Å²) in [6, 6.07) is 2.99. The molecule has 5 nitrogen and oxygen atoms in total. The summed E-state index contributed by atoms with van der Waals surface area (Å²) < 4.78 is 17.3. The Bertz CT molecular complexity index is 433. The predicted molar refractivity (Wildman–Crippen MR) is 57.0 cm³/mol. The van der Waals surface area contributed by atoms with Crippen molar-refractivity contribution in [2.45, 2.75) is 6.92 Å². The number of carbonyl (C=O) groups is 2. The maximum Gasteiger partial charge on any atom is 0.325 e. The number of ether oxygens (including phenoxy) is 1. The first-order chi connectivity index (χ1) is 8.04. The Hall–Kier alpha value is -2.11. The molecule has 0 fully saturated rings. The van der Waals surface area contributed by atoms with Gasteiger partial charge in [0.2, 0.25) is 0 Å². The van der Waals surface area contributed by atoms with Crippen molar-refractivity contribution in [3.63, 3.8) is 0 Å². The monoisotopic (exact) mass is 241 g/mol. The van der Waals surface area contributed by atoms with Gasteiger partial charge in [0.15, 0.2) is 0 Å². The van der Waals surface area contributed by atoms with Crippen LogP contribution in [0.2, 0.25) is 0 Å². The number of phenolic OH excluding ortho intramolecular Hbond substituents is 1. The Labute approximate surface area is 97.2 Å². The van der Waals surface area contributed by atoms with Crippen molar-refractivity contribution in [2.75, 3.05) is 13.2 Å². The standard InChI is InChI=1S/C11H12FNO4/c1-2-17-10(15)6-13-11(16)8-4-3-7(12)5-9(8)14/h3-5,14H,2,6H2,1H3,(H,13,16). The molecule has 92 valence electrons. The zero-order valence-corrected chi connectivity index (χ0v) is 9.20. The van der Waals surface area contributed by atoms with E-state index in [-0.39, 0.29) is 18.7 Å². The van der Waals surface area contributed by atoms with Crippen LogP contribution in [-0.2, 0) is 9.53 Å². The van der Waals surface area contributed by atoms with E-state index >= 15 is 0 Å². The van der Waals surface area contributed by atoms with E-state index in [1.165, 1.54) is 0 Å². The molecule has 6 heteroatoms. The van der Waals surface area contributed by atoms with Crippen molar-refractivity contribution in [2.24, 2.45) is 0 Å². The number of hydrogen-bond acceptors (Lipinski definition) is 4. The van der Waals surface area contributed by atoms with E-state index in [2.05, 4.69) is 10.1 Å². The Morgan fingerprint density at radius 1 is 1.47 bits per heavy atom. The Morgan fingerprint density at radius 3 is 2.76 bits per heavy atom. The van der Waals surface area contributed by atoms with Crippen molar-refractivity contribution < 1.29 is 23.8 Å². The second-order valence-electron chi connectivity index (χ2n) is 3.15. The smallest absolute Gasteiger partial charge is 0.325 e. The molecule has 0 atom stereocenters. The minimum absolute atomic E-state index is 0.101. The number of rotatable bonds is 4. The van der Waals surface area contributed by atoms with Crippen molar-refractivity contribution in [1.29, 1.82) is 0 Å². The molecule has 0 saturated heterocycles. The lowest BCUT2D eigenvalue weighted by Crippen LogP contribution is -2.30. The van der Waals surface area contributed by atoms with Crippen LogP contribution >= 0.6 is 0 Å². The van der Waals surface area contributed by atoms with Gasteiger partial charge in [0.25, 0.3) is 5.91 Å². The zero-order chi connectivity index (χ0) is 12.8. The molecule has 0 saturated carbocycles. The summed E-state index contributed by atoms with van der Waals surface area (Å²) in [4.78, 5) is 22.4. The molecule has 0 spiro atoms. The van der Waals surface area contributed by atoms with E-state index in [9.17, 15) is 19.1 Å². The molecule has 0 radical (unpaired) electrons. The van der Waals surface area contributed by atoms with E-state index < -0.39 is 23.4 Å².